The van der Waals surface area contributed by atoms with Crippen LogP contribution in [-0.4, -0.2) is 11.7 Å². The molecule has 0 heterocycles. The Morgan fingerprint density at radius 2 is 1.89 bits per heavy atom. The van der Waals surface area contributed by atoms with Crippen molar-refractivity contribution >= 4 is 33.2 Å². The summed E-state index contributed by atoms with van der Waals surface area (Å²) in [4.78, 5) is 0. The number of aryl methyl sites for hydroxylation is 1. The molecule has 2 aromatic carbocycles. The van der Waals surface area contributed by atoms with E-state index < -0.39 is 0 Å². The summed E-state index contributed by atoms with van der Waals surface area (Å²) >= 11 is 9.52. The quantitative estimate of drug-likeness (QED) is 0.855. The minimum Gasteiger partial charge on any atom is -0.394 e. The maximum atomic E-state index is 9.54. The largest absolute Gasteiger partial charge is 0.394 e. The molecule has 1 unspecified atom stereocenters. The molecule has 1 atom stereocenters. The molecule has 0 saturated carbocycles. The van der Waals surface area contributed by atoms with Gasteiger partial charge in [-0.1, -0.05) is 39.7 Å². The third kappa shape index (κ3) is 3.72. The summed E-state index contributed by atoms with van der Waals surface area (Å²) in [6.07, 6.45) is 0. The first kappa shape index (κ1) is 14.4. The zero-order chi connectivity index (χ0) is 13.8. The second-order valence-corrected chi connectivity index (χ2v) is 5.72. The van der Waals surface area contributed by atoms with Crippen molar-refractivity contribution in [2.75, 3.05) is 11.9 Å². The molecule has 0 fully saturated rings. The van der Waals surface area contributed by atoms with Crippen molar-refractivity contribution in [1.82, 2.24) is 0 Å². The highest BCUT2D eigenvalue weighted by Crippen LogP contribution is 2.25. The maximum absolute atomic E-state index is 9.54. The molecule has 0 aliphatic carbocycles. The molecule has 2 rings (SSSR count). The highest BCUT2D eigenvalue weighted by molar-refractivity contribution is 9.10. The SMILES string of the molecule is Cc1ccc(C(CO)Nc2ccc(Br)cc2)cc1Cl. The lowest BCUT2D eigenvalue weighted by Crippen LogP contribution is -2.14. The van der Waals surface area contributed by atoms with E-state index in [1.807, 2.05) is 49.4 Å². The summed E-state index contributed by atoms with van der Waals surface area (Å²) in [6, 6.07) is 13.5. The number of anilines is 1. The highest BCUT2D eigenvalue weighted by Gasteiger charge is 2.11. The summed E-state index contributed by atoms with van der Waals surface area (Å²) in [6.45, 7) is 1.97. The molecular formula is C15H15BrClNO. The van der Waals surface area contributed by atoms with E-state index in [1.54, 1.807) is 0 Å². The second kappa shape index (κ2) is 6.42. The van der Waals surface area contributed by atoms with Crippen molar-refractivity contribution in [3.8, 4) is 0 Å². The van der Waals surface area contributed by atoms with Crippen LogP contribution in [0.4, 0.5) is 5.69 Å². The van der Waals surface area contributed by atoms with Crippen molar-refractivity contribution in [2.45, 2.75) is 13.0 Å². The van der Waals surface area contributed by atoms with E-state index in [0.717, 1.165) is 21.3 Å². The number of nitrogens with one attached hydrogen (secondary N) is 1. The van der Waals surface area contributed by atoms with Gasteiger partial charge in [0.25, 0.3) is 0 Å². The van der Waals surface area contributed by atoms with Gasteiger partial charge in [0.05, 0.1) is 12.6 Å². The van der Waals surface area contributed by atoms with Crippen LogP contribution in [0.5, 0.6) is 0 Å². The molecular weight excluding hydrogens is 326 g/mol. The summed E-state index contributed by atoms with van der Waals surface area (Å²) in [5.74, 6) is 0. The average Bonchev–Trinajstić information content (AvgIpc) is 2.41. The lowest BCUT2D eigenvalue weighted by molar-refractivity contribution is 0.276. The number of aliphatic hydroxyl groups excluding tert-OH is 1. The normalized spacial score (nSPS) is 12.2. The van der Waals surface area contributed by atoms with E-state index in [2.05, 4.69) is 21.2 Å². The smallest absolute Gasteiger partial charge is 0.0745 e. The van der Waals surface area contributed by atoms with Crippen LogP contribution >= 0.6 is 27.5 Å². The van der Waals surface area contributed by atoms with Gasteiger partial charge in [-0.2, -0.15) is 0 Å². The number of halogens is 2. The lowest BCUT2D eigenvalue weighted by Gasteiger charge is -2.19. The first-order chi connectivity index (χ1) is 9.10. The van der Waals surface area contributed by atoms with Crippen LogP contribution in [-0.2, 0) is 0 Å². The molecule has 0 saturated heterocycles. The van der Waals surface area contributed by atoms with Gasteiger partial charge >= 0.3 is 0 Å². The van der Waals surface area contributed by atoms with E-state index in [1.165, 1.54) is 0 Å². The Labute approximate surface area is 126 Å². The number of aliphatic hydroxyl groups is 1. The highest BCUT2D eigenvalue weighted by atomic mass is 79.9. The summed E-state index contributed by atoms with van der Waals surface area (Å²) in [5.41, 5.74) is 2.96. The fourth-order valence-electron chi connectivity index (χ4n) is 1.81. The molecule has 2 N–H and O–H groups in total. The van der Waals surface area contributed by atoms with Crippen LogP contribution < -0.4 is 5.32 Å². The predicted molar refractivity (Wildman–Crippen MR) is 83.8 cm³/mol. The van der Waals surface area contributed by atoms with Crippen LogP contribution in [0, 0.1) is 6.92 Å². The molecule has 0 radical (unpaired) electrons. The van der Waals surface area contributed by atoms with Crippen molar-refractivity contribution < 1.29 is 5.11 Å². The molecule has 100 valence electrons. The molecule has 2 nitrogen and oxygen atoms in total. The summed E-state index contributed by atoms with van der Waals surface area (Å²) in [7, 11) is 0. The van der Waals surface area contributed by atoms with Crippen molar-refractivity contribution in [3.63, 3.8) is 0 Å². The zero-order valence-corrected chi connectivity index (χ0v) is 12.9. The summed E-state index contributed by atoms with van der Waals surface area (Å²) in [5, 5.41) is 13.5. The number of hydrogen-bond donors (Lipinski definition) is 2. The number of rotatable bonds is 4. The van der Waals surface area contributed by atoms with E-state index >= 15 is 0 Å². The van der Waals surface area contributed by atoms with E-state index in [0.29, 0.717) is 5.02 Å². The van der Waals surface area contributed by atoms with Gasteiger partial charge < -0.3 is 10.4 Å². The molecule has 2 aromatic rings. The van der Waals surface area contributed by atoms with Crippen molar-refractivity contribution in [1.29, 1.82) is 0 Å². The van der Waals surface area contributed by atoms with Crippen LogP contribution in [0.1, 0.15) is 17.2 Å². The third-order valence-electron chi connectivity index (χ3n) is 2.97. The Morgan fingerprint density at radius 1 is 1.21 bits per heavy atom. The van der Waals surface area contributed by atoms with Crippen LogP contribution in [0.15, 0.2) is 46.9 Å². The maximum Gasteiger partial charge on any atom is 0.0745 e. The zero-order valence-electron chi connectivity index (χ0n) is 10.5. The Balaban J connectivity index is 2.19. The van der Waals surface area contributed by atoms with Gasteiger partial charge in [0.2, 0.25) is 0 Å². The standard InChI is InChI=1S/C15H15BrClNO/c1-10-2-3-11(8-14(10)17)15(9-19)18-13-6-4-12(16)5-7-13/h2-8,15,18-19H,9H2,1H3. The van der Waals surface area contributed by atoms with Gasteiger partial charge in [0.1, 0.15) is 0 Å². The van der Waals surface area contributed by atoms with Crippen LogP contribution in [0.2, 0.25) is 5.02 Å². The van der Waals surface area contributed by atoms with E-state index in [9.17, 15) is 5.11 Å². The topological polar surface area (TPSA) is 32.3 Å². The fraction of sp³-hybridized carbons (Fsp3) is 0.200. The molecule has 0 aliphatic heterocycles. The molecule has 0 bridgehead atoms. The minimum atomic E-state index is -0.167. The van der Waals surface area contributed by atoms with Crippen LogP contribution in [0.3, 0.4) is 0 Å². The molecule has 0 spiro atoms. The van der Waals surface area contributed by atoms with Gasteiger partial charge in [0, 0.05) is 15.2 Å². The molecule has 0 aromatic heterocycles. The van der Waals surface area contributed by atoms with Gasteiger partial charge in [-0.15, -0.1) is 0 Å². The summed E-state index contributed by atoms with van der Waals surface area (Å²) < 4.78 is 1.02. The van der Waals surface area contributed by atoms with Gasteiger partial charge in [-0.3, -0.25) is 0 Å². The average molecular weight is 341 g/mol. The van der Waals surface area contributed by atoms with Gasteiger partial charge in [-0.25, -0.2) is 0 Å². The van der Waals surface area contributed by atoms with E-state index in [-0.39, 0.29) is 12.6 Å². The van der Waals surface area contributed by atoms with Gasteiger partial charge in [-0.05, 0) is 48.4 Å². The molecule has 0 amide bonds. The minimum absolute atomic E-state index is 0.00938. The van der Waals surface area contributed by atoms with E-state index in [4.69, 9.17) is 11.6 Å². The monoisotopic (exact) mass is 339 g/mol. The molecule has 19 heavy (non-hydrogen) atoms. The first-order valence-corrected chi connectivity index (χ1v) is 7.16. The third-order valence-corrected chi connectivity index (χ3v) is 3.90. The second-order valence-electron chi connectivity index (χ2n) is 4.40. The fourth-order valence-corrected chi connectivity index (χ4v) is 2.26. The molecule has 0 aliphatic rings. The predicted octanol–water partition coefficient (Wildman–Crippen LogP) is 4.56. The Hall–Kier alpha value is -1.03. The first-order valence-electron chi connectivity index (χ1n) is 5.99. The van der Waals surface area contributed by atoms with Gasteiger partial charge in [0.15, 0.2) is 0 Å². The Kier molecular flexibility index (Phi) is 4.86. The van der Waals surface area contributed by atoms with Crippen LogP contribution in [0.25, 0.3) is 0 Å². The number of benzene rings is 2. The van der Waals surface area contributed by atoms with Crippen molar-refractivity contribution in [3.05, 3.63) is 63.1 Å². The lowest BCUT2D eigenvalue weighted by atomic mass is 10.1. The Morgan fingerprint density at radius 3 is 2.47 bits per heavy atom. The number of hydrogen-bond acceptors (Lipinski definition) is 2. The van der Waals surface area contributed by atoms with Crippen molar-refractivity contribution in [2.24, 2.45) is 0 Å². The molecule has 4 heteroatoms. The Bertz CT molecular complexity index is 557.